The molecule has 4 heteroatoms. The standard InChI is InChI=1S/C13H21N3S/c1-14-13(6-8-16(2)9-7-13)12-15-10-4-3-5-11(10)17-12/h14H,3-9H2,1-2H3. The second kappa shape index (κ2) is 4.34. The highest BCUT2D eigenvalue weighted by Gasteiger charge is 2.37. The van der Waals surface area contributed by atoms with Crippen LogP contribution in [0.3, 0.4) is 0 Å². The van der Waals surface area contributed by atoms with Gasteiger partial charge < -0.3 is 10.2 Å². The normalized spacial score (nSPS) is 23.9. The van der Waals surface area contributed by atoms with E-state index in [0.717, 1.165) is 0 Å². The van der Waals surface area contributed by atoms with Crippen LogP contribution in [-0.4, -0.2) is 37.1 Å². The van der Waals surface area contributed by atoms with E-state index in [2.05, 4.69) is 24.3 Å². The molecule has 1 N–H and O–H groups in total. The highest BCUT2D eigenvalue weighted by Crippen LogP contribution is 2.38. The summed E-state index contributed by atoms with van der Waals surface area (Å²) in [5, 5.41) is 4.91. The smallest absolute Gasteiger partial charge is 0.113 e. The Morgan fingerprint density at radius 1 is 1.29 bits per heavy atom. The maximum atomic E-state index is 4.92. The molecule has 0 amide bonds. The van der Waals surface area contributed by atoms with Crippen molar-refractivity contribution in [2.45, 2.75) is 37.6 Å². The Bertz CT molecular complexity index is 383. The van der Waals surface area contributed by atoms with Crippen LogP contribution in [0.1, 0.15) is 34.8 Å². The van der Waals surface area contributed by atoms with Crippen molar-refractivity contribution in [3.05, 3.63) is 15.6 Å². The summed E-state index contributed by atoms with van der Waals surface area (Å²) in [6.07, 6.45) is 6.14. The van der Waals surface area contributed by atoms with E-state index in [1.807, 2.05) is 11.3 Å². The molecule has 0 radical (unpaired) electrons. The van der Waals surface area contributed by atoms with Crippen molar-refractivity contribution < 1.29 is 0 Å². The summed E-state index contributed by atoms with van der Waals surface area (Å²) < 4.78 is 0. The Labute approximate surface area is 107 Å². The maximum Gasteiger partial charge on any atom is 0.113 e. The van der Waals surface area contributed by atoms with Crippen molar-refractivity contribution >= 4 is 11.3 Å². The van der Waals surface area contributed by atoms with Crippen LogP contribution >= 0.6 is 11.3 Å². The van der Waals surface area contributed by atoms with E-state index >= 15 is 0 Å². The molecule has 0 saturated carbocycles. The third-order valence-corrected chi connectivity index (χ3v) is 5.69. The van der Waals surface area contributed by atoms with Gasteiger partial charge in [-0.15, -0.1) is 11.3 Å². The summed E-state index contributed by atoms with van der Waals surface area (Å²) in [7, 11) is 4.30. The largest absolute Gasteiger partial charge is 0.308 e. The molecule has 1 aromatic heterocycles. The number of nitrogens with zero attached hydrogens (tertiary/aromatic N) is 2. The number of aryl methyl sites for hydroxylation is 2. The molecule has 17 heavy (non-hydrogen) atoms. The van der Waals surface area contributed by atoms with Crippen molar-refractivity contribution in [3.8, 4) is 0 Å². The minimum absolute atomic E-state index is 0.154. The number of likely N-dealkylation sites (tertiary alicyclic amines) is 1. The molecule has 0 bridgehead atoms. The molecule has 1 saturated heterocycles. The Morgan fingerprint density at radius 3 is 2.71 bits per heavy atom. The van der Waals surface area contributed by atoms with Crippen LogP contribution in [0.15, 0.2) is 0 Å². The zero-order chi connectivity index (χ0) is 11.9. The molecule has 1 aliphatic carbocycles. The minimum Gasteiger partial charge on any atom is -0.308 e. The van der Waals surface area contributed by atoms with Gasteiger partial charge in [-0.1, -0.05) is 0 Å². The quantitative estimate of drug-likeness (QED) is 0.868. The van der Waals surface area contributed by atoms with E-state index < -0.39 is 0 Å². The molecule has 1 fully saturated rings. The third-order valence-electron chi connectivity index (χ3n) is 4.32. The third kappa shape index (κ3) is 1.92. The molecule has 1 aromatic rings. The number of hydrogen-bond donors (Lipinski definition) is 1. The van der Waals surface area contributed by atoms with E-state index in [-0.39, 0.29) is 5.54 Å². The van der Waals surface area contributed by atoms with Crippen LogP contribution in [0.25, 0.3) is 0 Å². The van der Waals surface area contributed by atoms with Crippen molar-refractivity contribution in [1.82, 2.24) is 15.2 Å². The van der Waals surface area contributed by atoms with Gasteiger partial charge in [0.25, 0.3) is 0 Å². The first-order valence-electron chi connectivity index (χ1n) is 6.60. The van der Waals surface area contributed by atoms with Gasteiger partial charge in [-0.25, -0.2) is 4.98 Å². The van der Waals surface area contributed by atoms with Crippen molar-refractivity contribution in [2.24, 2.45) is 0 Å². The molecular weight excluding hydrogens is 230 g/mol. The van der Waals surface area contributed by atoms with Gasteiger partial charge in [0.05, 0.1) is 11.2 Å². The van der Waals surface area contributed by atoms with Crippen LogP contribution in [-0.2, 0) is 18.4 Å². The van der Waals surface area contributed by atoms with Crippen LogP contribution in [0.5, 0.6) is 0 Å². The van der Waals surface area contributed by atoms with Crippen LogP contribution < -0.4 is 5.32 Å². The lowest BCUT2D eigenvalue weighted by atomic mass is 9.88. The highest BCUT2D eigenvalue weighted by atomic mass is 32.1. The fourth-order valence-electron chi connectivity index (χ4n) is 2.97. The van der Waals surface area contributed by atoms with E-state index in [4.69, 9.17) is 4.98 Å². The average Bonchev–Trinajstić information content (AvgIpc) is 2.91. The number of piperidine rings is 1. The second-order valence-corrected chi connectivity index (χ2v) is 6.46. The maximum absolute atomic E-state index is 4.92. The lowest BCUT2D eigenvalue weighted by molar-refractivity contribution is 0.164. The number of nitrogens with one attached hydrogen (secondary N) is 1. The first kappa shape index (κ1) is 11.6. The Morgan fingerprint density at radius 2 is 2.06 bits per heavy atom. The molecule has 0 atom stereocenters. The lowest BCUT2D eigenvalue weighted by Gasteiger charge is -2.39. The van der Waals surface area contributed by atoms with Crippen LogP contribution in [0.2, 0.25) is 0 Å². The molecule has 0 spiro atoms. The molecule has 2 heterocycles. The van der Waals surface area contributed by atoms with Crippen molar-refractivity contribution in [2.75, 3.05) is 27.2 Å². The Kier molecular flexibility index (Phi) is 2.97. The highest BCUT2D eigenvalue weighted by molar-refractivity contribution is 7.12. The molecule has 94 valence electrons. The van der Waals surface area contributed by atoms with E-state index in [1.54, 1.807) is 4.88 Å². The summed E-state index contributed by atoms with van der Waals surface area (Å²) in [5.74, 6) is 0. The molecule has 1 aliphatic heterocycles. The van der Waals surface area contributed by atoms with E-state index in [1.165, 1.54) is 55.9 Å². The number of hydrogen-bond acceptors (Lipinski definition) is 4. The zero-order valence-corrected chi connectivity index (χ0v) is 11.6. The Hall–Kier alpha value is -0.450. The monoisotopic (exact) mass is 251 g/mol. The van der Waals surface area contributed by atoms with Gasteiger partial charge in [-0.3, -0.25) is 0 Å². The predicted octanol–water partition coefficient (Wildman–Crippen LogP) is 1.77. The van der Waals surface area contributed by atoms with Gasteiger partial charge in [-0.2, -0.15) is 0 Å². The van der Waals surface area contributed by atoms with Gasteiger partial charge >= 0.3 is 0 Å². The van der Waals surface area contributed by atoms with Crippen LogP contribution in [0.4, 0.5) is 0 Å². The fourth-order valence-corrected chi connectivity index (χ4v) is 4.37. The first-order chi connectivity index (χ1) is 8.23. The van der Waals surface area contributed by atoms with Gasteiger partial charge in [0.2, 0.25) is 0 Å². The number of rotatable bonds is 2. The van der Waals surface area contributed by atoms with Gasteiger partial charge in [0.1, 0.15) is 5.01 Å². The lowest BCUT2D eigenvalue weighted by Crippen LogP contribution is -2.48. The number of thiazole rings is 1. The zero-order valence-electron chi connectivity index (χ0n) is 10.8. The minimum atomic E-state index is 0.154. The molecule has 2 aliphatic rings. The van der Waals surface area contributed by atoms with Crippen LogP contribution in [0, 0.1) is 0 Å². The van der Waals surface area contributed by atoms with Gasteiger partial charge in [-0.05, 0) is 46.2 Å². The molecule has 0 unspecified atom stereocenters. The van der Waals surface area contributed by atoms with Gasteiger partial charge in [0.15, 0.2) is 0 Å². The van der Waals surface area contributed by atoms with Crippen molar-refractivity contribution in [1.29, 1.82) is 0 Å². The second-order valence-electron chi connectivity index (χ2n) is 5.38. The molecule has 0 aromatic carbocycles. The summed E-state index contributed by atoms with van der Waals surface area (Å²) >= 11 is 1.96. The SMILES string of the molecule is CNC1(c2nc3c(s2)CCC3)CCN(C)CC1. The van der Waals surface area contributed by atoms with E-state index in [0.29, 0.717) is 0 Å². The number of fused-ring (bicyclic) bond motifs is 1. The fraction of sp³-hybridized carbons (Fsp3) is 0.769. The van der Waals surface area contributed by atoms with E-state index in [9.17, 15) is 0 Å². The Balaban J connectivity index is 1.89. The van der Waals surface area contributed by atoms with Gasteiger partial charge in [0, 0.05) is 18.0 Å². The molecular formula is C13H21N3S. The summed E-state index contributed by atoms with van der Waals surface area (Å²) in [6, 6.07) is 0. The molecule has 3 rings (SSSR count). The summed E-state index contributed by atoms with van der Waals surface area (Å²) in [6.45, 7) is 2.34. The summed E-state index contributed by atoms with van der Waals surface area (Å²) in [5.41, 5.74) is 1.54. The summed E-state index contributed by atoms with van der Waals surface area (Å²) in [4.78, 5) is 8.88. The topological polar surface area (TPSA) is 28.2 Å². The molecule has 3 nitrogen and oxygen atoms in total. The number of aromatic nitrogens is 1. The first-order valence-corrected chi connectivity index (χ1v) is 7.42. The average molecular weight is 251 g/mol. The van der Waals surface area contributed by atoms with Crippen molar-refractivity contribution in [3.63, 3.8) is 0 Å². The predicted molar refractivity (Wildman–Crippen MR) is 71.6 cm³/mol.